The summed E-state index contributed by atoms with van der Waals surface area (Å²) < 4.78 is 10.8. The molecule has 1 saturated heterocycles. The Hall–Kier alpha value is -1.10. The van der Waals surface area contributed by atoms with E-state index >= 15 is 0 Å². The van der Waals surface area contributed by atoms with Crippen LogP contribution in [0.3, 0.4) is 0 Å². The van der Waals surface area contributed by atoms with Crippen LogP contribution in [0.25, 0.3) is 0 Å². The molecule has 18 heavy (non-hydrogen) atoms. The molecule has 1 atom stereocenters. The highest BCUT2D eigenvalue weighted by Gasteiger charge is 2.44. The van der Waals surface area contributed by atoms with Crippen LogP contribution in [0.1, 0.15) is 25.5 Å². The van der Waals surface area contributed by atoms with Gasteiger partial charge in [-0.3, -0.25) is 0 Å². The summed E-state index contributed by atoms with van der Waals surface area (Å²) in [7, 11) is 0. The molecule has 2 rings (SSSR count). The van der Waals surface area contributed by atoms with E-state index in [1.807, 2.05) is 38.1 Å². The average Bonchev–Trinajstić information content (AvgIpc) is 2.28. The highest BCUT2D eigenvalue weighted by molar-refractivity contribution is 5.30. The number of hydrogen-bond acceptors (Lipinski definition) is 4. The van der Waals surface area contributed by atoms with E-state index in [4.69, 9.17) is 15.2 Å². The fraction of sp³-hybridized carbons (Fsp3) is 0.571. The van der Waals surface area contributed by atoms with E-state index in [0.717, 1.165) is 11.3 Å². The number of benzene rings is 1. The lowest BCUT2D eigenvalue weighted by atomic mass is 9.76. The highest BCUT2D eigenvalue weighted by Crippen LogP contribution is 2.38. The molecule has 0 saturated carbocycles. The van der Waals surface area contributed by atoms with Crippen LogP contribution in [0.4, 0.5) is 0 Å². The lowest BCUT2D eigenvalue weighted by Crippen LogP contribution is -2.52. The van der Waals surface area contributed by atoms with Crippen molar-refractivity contribution in [1.29, 1.82) is 0 Å². The van der Waals surface area contributed by atoms with Crippen LogP contribution >= 0.6 is 0 Å². The quantitative estimate of drug-likeness (QED) is 0.832. The molecule has 1 aromatic carbocycles. The first-order chi connectivity index (χ1) is 8.57. The maximum atomic E-state index is 9.46. The third-order valence-electron chi connectivity index (χ3n) is 3.36. The Morgan fingerprint density at radius 3 is 2.33 bits per heavy atom. The predicted octanol–water partition coefficient (Wildman–Crippen LogP) is 1.48. The number of nitrogens with two attached hydrogens (primary N) is 1. The summed E-state index contributed by atoms with van der Waals surface area (Å²) in [6.45, 7) is 5.08. The van der Waals surface area contributed by atoms with Crippen LogP contribution in [-0.4, -0.2) is 31.0 Å². The summed E-state index contributed by atoms with van der Waals surface area (Å²) in [5.41, 5.74) is 6.90. The summed E-state index contributed by atoms with van der Waals surface area (Å²) in [5.74, 6) is 0.837. The fourth-order valence-corrected chi connectivity index (χ4v) is 2.11. The Morgan fingerprint density at radius 1 is 1.33 bits per heavy atom. The maximum Gasteiger partial charge on any atom is 0.119 e. The molecular formula is C14H21NO3. The monoisotopic (exact) mass is 251 g/mol. The second-order valence-electron chi connectivity index (χ2n) is 5.23. The fourth-order valence-electron chi connectivity index (χ4n) is 2.11. The van der Waals surface area contributed by atoms with Crippen molar-refractivity contribution in [2.45, 2.75) is 26.0 Å². The minimum Gasteiger partial charge on any atom is -0.491 e. The van der Waals surface area contributed by atoms with Gasteiger partial charge in [0.05, 0.1) is 31.3 Å². The second kappa shape index (κ2) is 5.26. The molecule has 3 N–H and O–H groups in total. The van der Waals surface area contributed by atoms with Gasteiger partial charge in [-0.2, -0.15) is 0 Å². The van der Waals surface area contributed by atoms with Gasteiger partial charge in [0.1, 0.15) is 5.75 Å². The van der Waals surface area contributed by atoms with Crippen LogP contribution < -0.4 is 10.5 Å². The molecule has 1 aliphatic heterocycles. The standard InChI is InChI=1S/C14H21NO3/c1-10(2)18-12-5-3-11(4-6-12)13(15)14(7-16)8-17-9-14/h3-6,10,13,16H,7-9,15H2,1-2H3. The van der Waals surface area contributed by atoms with E-state index in [-0.39, 0.29) is 24.2 Å². The highest BCUT2D eigenvalue weighted by atomic mass is 16.5. The van der Waals surface area contributed by atoms with Gasteiger partial charge in [0.2, 0.25) is 0 Å². The van der Waals surface area contributed by atoms with Gasteiger partial charge in [-0.1, -0.05) is 12.1 Å². The zero-order valence-corrected chi connectivity index (χ0v) is 10.9. The topological polar surface area (TPSA) is 64.7 Å². The van der Waals surface area contributed by atoms with Crippen LogP contribution in [0.15, 0.2) is 24.3 Å². The lowest BCUT2D eigenvalue weighted by Gasteiger charge is -2.44. The minimum absolute atomic E-state index is 0.0540. The van der Waals surface area contributed by atoms with Crippen molar-refractivity contribution in [2.24, 2.45) is 11.1 Å². The van der Waals surface area contributed by atoms with E-state index in [2.05, 4.69) is 0 Å². The summed E-state index contributed by atoms with van der Waals surface area (Å²) >= 11 is 0. The normalized spacial score (nSPS) is 19.4. The third kappa shape index (κ3) is 2.51. The molecule has 0 radical (unpaired) electrons. The third-order valence-corrected chi connectivity index (χ3v) is 3.36. The number of aliphatic hydroxyl groups excluding tert-OH is 1. The van der Waals surface area contributed by atoms with Crippen molar-refractivity contribution >= 4 is 0 Å². The number of hydrogen-bond donors (Lipinski definition) is 2. The first-order valence-electron chi connectivity index (χ1n) is 6.28. The maximum absolute atomic E-state index is 9.46. The molecule has 0 amide bonds. The first kappa shape index (κ1) is 13.3. The van der Waals surface area contributed by atoms with E-state index in [1.165, 1.54) is 0 Å². The van der Waals surface area contributed by atoms with Crippen LogP contribution in [-0.2, 0) is 4.74 Å². The van der Waals surface area contributed by atoms with Gasteiger partial charge in [-0.25, -0.2) is 0 Å². The van der Waals surface area contributed by atoms with E-state index in [1.54, 1.807) is 0 Å². The van der Waals surface area contributed by atoms with Crippen molar-refractivity contribution < 1.29 is 14.6 Å². The minimum atomic E-state index is -0.319. The van der Waals surface area contributed by atoms with E-state index in [9.17, 15) is 5.11 Å². The Bertz CT molecular complexity index is 379. The summed E-state index contributed by atoms with van der Waals surface area (Å²) in [6.07, 6.45) is 0.160. The van der Waals surface area contributed by atoms with Crippen molar-refractivity contribution in [3.8, 4) is 5.75 Å². The average molecular weight is 251 g/mol. The van der Waals surface area contributed by atoms with Gasteiger partial charge in [-0.05, 0) is 31.5 Å². The first-order valence-corrected chi connectivity index (χ1v) is 6.28. The SMILES string of the molecule is CC(C)Oc1ccc(C(N)C2(CO)COC2)cc1. The number of ether oxygens (including phenoxy) is 2. The summed E-state index contributed by atoms with van der Waals surface area (Å²) in [5, 5.41) is 9.46. The molecular weight excluding hydrogens is 230 g/mol. The van der Waals surface area contributed by atoms with Gasteiger partial charge in [0, 0.05) is 6.04 Å². The van der Waals surface area contributed by atoms with Gasteiger partial charge in [0.15, 0.2) is 0 Å². The molecule has 1 fully saturated rings. The summed E-state index contributed by atoms with van der Waals surface area (Å²) in [6, 6.07) is 7.54. The van der Waals surface area contributed by atoms with Crippen LogP contribution in [0.2, 0.25) is 0 Å². The number of rotatable bonds is 5. The molecule has 4 heteroatoms. The molecule has 4 nitrogen and oxygen atoms in total. The Balaban J connectivity index is 2.09. The zero-order chi connectivity index (χ0) is 13.2. The van der Waals surface area contributed by atoms with Gasteiger partial charge in [0.25, 0.3) is 0 Å². The lowest BCUT2D eigenvalue weighted by molar-refractivity contribution is -0.150. The zero-order valence-electron chi connectivity index (χ0n) is 10.9. The molecule has 0 aromatic heterocycles. The Morgan fingerprint density at radius 2 is 1.94 bits per heavy atom. The van der Waals surface area contributed by atoms with Crippen molar-refractivity contribution in [1.82, 2.24) is 0 Å². The van der Waals surface area contributed by atoms with Gasteiger partial charge >= 0.3 is 0 Å². The Kier molecular flexibility index (Phi) is 3.90. The van der Waals surface area contributed by atoms with Gasteiger partial charge in [-0.15, -0.1) is 0 Å². The molecule has 1 aliphatic rings. The summed E-state index contributed by atoms with van der Waals surface area (Å²) in [4.78, 5) is 0. The molecule has 0 spiro atoms. The van der Waals surface area contributed by atoms with Crippen molar-refractivity contribution in [3.63, 3.8) is 0 Å². The smallest absolute Gasteiger partial charge is 0.119 e. The van der Waals surface area contributed by atoms with Crippen molar-refractivity contribution in [2.75, 3.05) is 19.8 Å². The molecule has 0 bridgehead atoms. The number of aliphatic hydroxyl groups is 1. The van der Waals surface area contributed by atoms with E-state index < -0.39 is 0 Å². The largest absolute Gasteiger partial charge is 0.491 e. The molecule has 1 aromatic rings. The Labute approximate surface area is 108 Å². The second-order valence-corrected chi connectivity index (χ2v) is 5.23. The predicted molar refractivity (Wildman–Crippen MR) is 69.5 cm³/mol. The van der Waals surface area contributed by atoms with Crippen LogP contribution in [0.5, 0.6) is 5.75 Å². The van der Waals surface area contributed by atoms with Crippen molar-refractivity contribution in [3.05, 3.63) is 29.8 Å². The van der Waals surface area contributed by atoms with Gasteiger partial charge < -0.3 is 20.3 Å². The molecule has 100 valence electrons. The molecule has 1 unspecified atom stereocenters. The van der Waals surface area contributed by atoms with E-state index in [0.29, 0.717) is 13.2 Å². The molecule has 0 aliphatic carbocycles. The molecule has 1 heterocycles. The van der Waals surface area contributed by atoms with Crippen LogP contribution in [0, 0.1) is 5.41 Å².